The van der Waals surface area contributed by atoms with Crippen molar-refractivity contribution < 1.29 is 19.4 Å². The number of anilines is 2. The van der Waals surface area contributed by atoms with Gasteiger partial charge in [-0.2, -0.15) is 0 Å². The van der Waals surface area contributed by atoms with Crippen LogP contribution in [0.5, 0.6) is 0 Å². The molecule has 1 aromatic carbocycles. The molecule has 4 atom stereocenters. The van der Waals surface area contributed by atoms with E-state index in [4.69, 9.17) is 21.1 Å². The molecule has 1 amide bonds. The number of nitrogens with zero attached hydrogens (tertiary/aromatic N) is 3. The maximum Gasteiger partial charge on any atom is 0.229 e. The standard InChI is InChI=1S/C28H37ClN4O4/c1-26(2)16-28(4-9-37-26)13-20(28)25(35)31-24-12-18-11-22(21(29)10-19(18)14-30-24)32-5-7-33(8-6-32)27(3)17-36-15-23(27)34/h10-12,14,20,23,34H,4-9,13,15-17H2,1-3H3,(H,30,31,35)/t20-,23-,27+,28+/m1/s1. The molecule has 1 aromatic heterocycles. The minimum absolute atomic E-state index is 0.0240. The number of halogens is 1. The van der Waals surface area contributed by atoms with Gasteiger partial charge in [-0.1, -0.05) is 11.6 Å². The molecule has 1 saturated carbocycles. The molecule has 3 saturated heterocycles. The molecule has 3 aliphatic heterocycles. The number of ether oxygens (including phenoxy) is 2. The number of pyridine rings is 1. The lowest BCUT2D eigenvalue weighted by Crippen LogP contribution is -2.60. The van der Waals surface area contributed by atoms with Crippen LogP contribution in [0.3, 0.4) is 0 Å². The number of aliphatic hydroxyl groups excluding tert-OH is 1. The van der Waals surface area contributed by atoms with Crippen molar-refractivity contribution in [3.8, 4) is 0 Å². The highest BCUT2D eigenvalue weighted by Gasteiger charge is 2.61. The van der Waals surface area contributed by atoms with Crippen LogP contribution in [0, 0.1) is 11.3 Å². The lowest BCUT2D eigenvalue weighted by molar-refractivity contribution is -0.120. The predicted octanol–water partition coefficient (Wildman–Crippen LogP) is 3.69. The third kappa shape index (κ3) is 4.61. The molecular formula is C28H37ClN4O4. The number of piperazine rings is 1. The number of carbonyl (C=O) groups excluding carboxylic acids is 1. The summed E-state index contributed by atoms with van der Waals surface area (Å²) in [5.41, 5.74) is 0.552. The van der Waals surface area contributed by atoms with E-state index in [1.54, 1.807) is 6.20 Å². The zero-order chi connectivity index (χ0) is 26.0. The molecule has 2 aromatic rings. The summed E-state index contributed by atoms with van der Waals surface area (Å²) in [5, 5.41) is 16.1. The first kappa shape index (κ1) is 25.3. The number of aliphatic hydroxyl groups is 1. The summed E-state index contributed by atoms with van der Waals surface area (Å²) in [6.07, 6.45) is 4.10. The van der Waals surface area contributed by atoms with Crippen LogP contribution in [0.2, 0.25) is 5.02 Å². The second kappa shape index (κ2) is 9.06. The Labute approximate surface area is 223 Å². The number of aromatic nitrogens is 1. The Morgan fingerprint density at radius 3 is 2.65 bits per heavy atom. The van der Waals surface area contributed by atoms with E-state index in [1.807, 2.05) is 12.1 Å². The molecular weight excluding hydrogens is 492 g/mol. The number of amides is 1. The van der Waals surface area contributed by atoms with Crippen molar-refractivity contribution in [3.05, 3.63) is 29.4 Å². The molecule has 4 aliphatic rings. The van der Waals surface area contributed by atoms with Gasteiger partial charge in [-0.05, 0) is 69.0 Å². The second-order valence-corrected chi connectivity index (χ2v) is 12.6. The smallest absolute Gasteiger partial charge is 0.229 e. The Hall–Kier alpha value is -1.97. The minimum Gasteiger partial charge on any atom is -0.389 e. The van der Waals surface area contributed by atoms with Gasteiger partial charge in [0.2, 0.25) is 5.91 Å². The molecule has 0 unspecified atom stereocenters. The van der Waals surface area contributed by atoms with Gasteiger partial charge < -0.3 is 24.8 Å². The molecule has 1 aliphatic carbocycles. The fraction of sp³-hybridized carbons (Fsp3) is 0.643. The van der Waals surface area contributed by atoms with Crippen LogP contribution in [0.4, 0.5) is 11.5 Å². The number of benzene rings is 1. The number of rotatable bonds is 4. The first-order valence-electron chi connectivity index (χ1n) is 13.4. The van der Waals surface area contributed by atoms with Crippen molar-refractivity contribution in [1.29, 1.82) is 0 Å². The van der Waals surface area contributed by atoms with Crippen LogP contribution < -0.4 is 10.2 Å². The Morgan fingerprint density at radius 2 is 1.95 bits per heavy atom. The average Bonchev–Trinajstić information content (AvgIpc) is 3.42. The van der Waals surface area contributed by atoms with E-state index in [0.29, 0.717) is 24.1 Å². The highest BCUT2D eigenvalue weighted by molar-refractivity contribution is 6.34. The van der Waals surface area contributed by atoms with Gasteiger partial charge in [0.15, 0.2) is 0 Å². The molecule has 37 heavy (non-hydrogen) atoms. The van der Waals surface area contributed by atoms with E-state index in [9.17, 15) is 9.90 Å². The zero-order valence-corrected chi connectivity index (χ0v) is 22.7. The van der Waals surface area contributed by atoms with Crippen molar-refractivity contribution in [2.45, 2.75) is 57.3 Å². The Bertz CT molecular complexity index is 1220. The minimum atomic E-state index is -0.465. The Balaban J connectivity index is 1.15. The fourth-order valence-corrected chi connectivity index (χ4v) is 7.09. The lowest BCUT2D eigenvalue weighted by atomic mass is 9.83. The number of hydrogen-bond acceptors (Lipinski definition) is 7. The van der Waals surface area contributed by atoms with Gasteiger partial charge in [0, 0.05) is 50.3 Å². The molecule has 0 radical (unpaired) electrons. The van der Waals surface area contributed by atoms with Gasteiger partial charge in [-0.3, -0.25) is 9.69 Å². The van der Waals surface area contributed by atoms with Gasteiger partial charge in [-0.25, -0.2) is 4.98 Å². The van der Waals surface area contributed by atoms with E-state index in [-0.39, 0.29) is 28.4 Å². The maximum absolute atomic E-state index is 13.1. The van der Waals surface area contributed by atoms with Crippen LogP contribution in [-0.4, -0.2) is 84.1 Å². The van der Waals surface area contributed by atoms with Gasteiger partial charge in [0.25, 0.3) is 0 Å². The normalized spacial score (nSPS) is 33.7. The summed E-state index contributed by atoms with van der Waals surface area (Å²) >= 11 is 6.71. The van der Waals surface area contributed by atoms with Gasteiger partial charge in [0.05, 0.1) is 41.2 Å². The molecule has 1 spiro atoms. The van der Waals surface area contributed by atoms with E-state index in [2.05, 4.69) is 46.9 Å². The molecule has 4 heterocycles. The molecule has 9 heteroatoms. The number of fused-ring (bicyclic) bond motifs is 1. The summed E-state index contributed by atoms with van der Waals surface area (Å²) in [6.45, 7) is 11.3. The maximum atomic E-state index is 13.1. The second-order valence-electron chi connectivity index (χ2n) is 12.2. The average molecular weight is 529 g/mol. The number of hydrogen-bond donors (Lipinski definition) is 2. The van der Waals surface area contributed by atoms with Crippen LogP contribution in [0.1, 0.15) is 40.0 Å². The zero-order valence-electron chi connectivity index (χ0n) is 21.9. The van der Waals surface area contributed by atoms with Gasteiger partial charge in [0.1, 0.15) is 5.82 Å². The van der Waals surface area contributed by atoms with Crippen molar-refractivity contribution in [2.75, 3.05) is 56.2 Å². The number of nitrogens with one attached hydrogen (secondary N) is 1. The molecule has 2 N–H and O–H groups in total. The highest BCUT2D eigenvalue weighted by atomic mass is 35.5. The molecule has 4 fully saturated rings. The van der Waals surface area contributed by atoms with Gasteiger partial charge in [-0.15, -0.1) is 0 Å². The SMILES string of the molecule is CC1(C)C[C@]2(CCO1)C[C@@H]2C(=O)Nc1cc2cc(N3CCN([C@@]4(C)COC[C@H]4O)CC3)c(Cl)cc2cn1. The van der Waals surface area contributed by atoms with Gasteiger partial charge >= 0.3 is 0 Å². The monoisotopic (exact) mass is 528 g/mol. The fourth-order valence-electron chi connectivity index (χ4n) is 6.80. The molecule has 0 bridgehead atoms. The van der Waals surface area contributed by atoms with E-state index in [1.165, 1.54) is 0 Å². The highest BCUT2D eigenvalue weighted by Crippen LogP contribution is 2.62. The van der Waals surface area contributed by atoms with E-state index in [0.717, 1.165) is 68.5 Å². The van der Waals surface area contributed by atoms with Crippen LogP contribution in [0.15, 0.2) is 24.4 Å². The largest absolute Gasteiger partial charge is 0.389 e. The van der Waals surface area contributed by atoms with Crippen LogP contribution >= 0.6 is 11.6 Å². The summed E-state index contributed by atoms with van der Waals surface area (Å²) in [5.74, 6) is 0.657. The third-order valence-corrected chi connectivity index (χ3v) is 9.45. The van der Waals surface area contributed by atoms with E-state index >= 15 is 0 Å². The van der Waals surface area contributed by atoms with Crippen molar-refractivity contribution in [1.82, 2.24) is 9.88 Å². The predicted molar refractivity (Wildman–Crippen MR) is 144 cm³/mol. The lowest BCUT2D eigenvalue weighted by Gasteiger charge is -2.45. The summed E-state index contributed by atoms with van der Waals surface area (Å²) in [4.78, 5) is 22.2. The van der Waals surface area contributed by atoms with Crippen LogP contribution in [0.25, 0.3) is 10.8 Å². The molecule has 6 rings (SSSR count). The van der Waals surface area contributed by atoms with Crippen molar-refractivity contribution in [3.63, 3.8) is 0 Å². The topological polar surface area (TPSA) is 87.2 Å². The summed E-state index contributed by atoms with van der Waals surface area (Å²) in [6, 6.07) is 5.99. The van der Waals surface area contributed by atoms with Crippen LogP contribution in [-0.2, 0) is 14.3 Å². The van der Waals surface area contributed by atoms with Crippen molar-refractivity contribution in [2.24, 2.45) is 11.3 Å². The first-order chi connectivity index (χ1) is 17.6. The van der Waals surface area contributed by atoms with E-state index < -0.39 is 6.10 Å². The third-order valence-electron chi connectivity index (χ3n) is 9.15. The number of carbonyl (C=O) groups is 1. The molecule has 200 valence electrons. The van der Waals surface area contributed by atoms with Crippen molar-refractivity contribution >= 4 is 39.8 Å². The Kier molecular flexibility index (Phi) is 6.20. The molecule has 8 nitrogen and oxygen atoms in total. The Morgan fingerprint density at radius 1 is 1.16 bits per heavy atom. The first-order valence-corrected chi connectivity index (χ1v) is 13.8. The summed E-state index contributed by atoms with van der Waals surface area (Å²) in [7, 11) is 0. The summed E-state index contributed by atoms with van der Waals surface area (Å²) < 4.78 is 11.4. The quantitative estimate of drug-likeness (QED) is 0.625.